The van der Waals surface area contributed by atoms with Crippen molar-refractivity contribution < 1.29 is 0 Å². The Balaban J connectivity index is 1.71. The molecule has 4 aromatic carbocycles. The first-order valence-electron chi connectivity index (χ1n) is 8.62. The summed E-state index contributed by atoms with van der Waals surface area (Å²) in [5.41, 5.74) is 8.82. The third-order valence-corrected chi connectivity index (χ3v) is 4.51. The van der Waals surface area contributed by atoms with Crippen LogP contribution in [0.2, 0.25) is 0 Å². The van der Waals surface area contributed by atoms with Gasteiger partial charge in [0.2, 0.25) is 0 Å². The highest BCUT2D eigenvalue weighted by Crippen LogP contribution is 2.27. The molecule has 0 fully saturated rings. The largest absolute Gasteiger partial charge is 0.139 e. The predicted molar refractivity (Wildman–Crippen MR) is 111 cm³/mol. The lowest BCUT2D eigenvalue weighted by Crippen LogP contribution is -2.02. The molecule has 0 atom stereocenters. The normalized spacial score (nSPS) is 10.6. The summed E-state index contributed by atoms with van der Waals surface area (Å²) in [6.07, 6.45) is 0. The van der Waals surface area contributed by atoms with E-state index in [0.29, 0.717) is 0 Å². The van der Waals surface area contributed by atoms with E-state index in [2.05, 4.69) is 111 Å². The van der Waals surface area contributed by atoms with Gasteiger partial charge in [0, 0.05) is 0 Å². The fraction of sp³-hybridized carbons (Fsp3) is 0. The van der Waals surface area contributed by atoms with E-state index in [1.54, 1.807) is 0 Å². The van der Waals surface area contributed by atoms with Crippen molar-refractivity contribution in [3.05, 3.63) is 103 Å². The lowest BCUT2D eigenvalue weighted by molar-refractivity contribution is 1.59. The van der Waals surface area contributed by atoms with Crippen molar-refractivity contribution in [1.29, 1.82) is 0 Å². The van der Waals surface area contributed by atoms with Crippen molar-refractivity contribution in [1.82, 2.24) is 0 Å². The van der Waals surface area contributed by atoms with Crippen molar-refractivity contribution in [3.63, 3.8) is 0 Å². The molecular formula is C24H19B. The van der Waals surface area contributed by atoms with Crippen molar-refractivity contribution in [3.8, 4) is 33.4 Å². The average Bonchev–Trinajstić information content (AvgIpc) is 2.69. The minimum absolute atomic E-state index is 1.25. The molecule has 0 aliphatic carbocycles. The molecule has 0 unspecified atom stereocenters. The van der Waals surface area contributed by atoms with Crippen LogP contribution in [0, 0.1) is 0 Å². The summed E-state index contributed by atoms with van der Waals surface area (Å²) >= 11 is 0. The molecule has 1 heteroatoms. The Morgan fingerprint density at radius 2 is 0.720 bits per heavy atom. The van der Waals surface area contributed by atoms with Crippen molar-refractivity contribution in [2.24, 2.45) is 0 Å². The van der Waals surface area contributed by atoms with Crippen LogP contribution in [0.15, 0.2) is 103 Å². The van der Waals surface area contributed by atoms with Crippen LogP contribution in [0.1, 0.15) is 0 Å². The molecule has 0 heterocycles. The van der Waals surface area contributed by atoms with Gasteiger partial charge in [-0.1, -0.05) is 103 Å². The second kappa shape index (κ2) is 6.82. The first-order chi connectivity index (χ1) is 12.3. The second-order valence-corrected chi connectivity index (χ2v) is 6.40. The Morgan fingerprint density at radius 3 is 1.20 bits per heavy atom. The summed E-state index contributed by atoms with van der Waals surface area (Å²) < 4.78 is 0. The van der Waals surface area contributed by atoms with Gasteiger partial charge in [-0.05, 0) is 39.4 Å². The van der Waals surface area contributed by atoms with E-state index >= 15 is 0 Å². The van der Waals surface area contributed by atoms with Gasteiger partial charge in [-0.3, -0.25) is 0 Å². The van der Waals surface area contributed by atoms with Crippen molar-refractivity contribution in [2.45, 2.75) is 0 Å². The Hall–Kier alpha value is -3.06. The number of hydrogen-bond acceptors (Lipinski definition) is 0. The third-order valence-electron chi connectivity index (χ3n) is 4.51. The Labute approximate surface area is 150 Å². The highest BCUT2D eigenvalue weighted by molar-refractivity contribution is 6.33. The van der Waals surface area contributed by atoms with Gasteiger partial charge in [0.15, 0.2) is 0 Å². The van der Waals surface area contributed by atoms with Crippen LogP contribution in [0.5, 0.6) is 0 Å². The molecule has 0 radical (unpaired) electrons. The molecule has 0 saturated heterocycles. The first-order valence-corrected chi connectivity index (χ1v) is 8.62. The zero-order chi connectivity index (χ0) is 17.1. The summed E-state index contributed by atoms with van der Waals surface area (Å²) in [5.74, 6) is 0. The van der Waals surface area contributed by atoms with E-state index in [1.807, 2.05) is 0 Å². The van der Waals surface area contributed by atoms with Gasteiger partial charge in [0.1, 0.15) is 7.85 Å². The van der Waals surface area contributed by atoms with Crippen LogP contribution in [0.25, 0.3) is 33.4 Å². The number of rotatable bonds is 3. The molecule has 0 aliphatic heterocycles. The zero-order valence-corrected chi connectivity index (χ0v) is 14.3. The Morgan fingerprint density at radius 1 is 0.360 bits per heavy atom. The maximum atomic E-state index is 2.28. The molecule has 0 spiro atoms. The SMILES string of the molecule is Bc1cc(-c2ccccc2)cc(-c2ccc(-c3ccccc3)cc2)c1. The summed E-state index contributed by atoms with van der Waals surface area (Å²) in [7, 11) is 2.16. The topological polar surface area (TPSA) is 0 Å². The molecule has 118 valence electrons. The maximum Gasteiger partial charge on any atom is 0.139 e. The molecule has 4 rings (SSSR count). The minimum atomic E-state index is 1.25. The summed E-state index contributed by atoms with van der Waals surface area (Å²) in [6, 6.07) is 36.7. The molecule has 0 N–H and O–H groups in total. The molecule has 0 saturated carbocycles. The summed E-state index contributed by atoms with van der Waals surface area (Å²) in [5, 5.41) is 0. The average molecular weight is 318 g/mol. The lowest BCUT2D eigenvalue weighted by Gasteiger charge is -2.10. The predicted octanol–water partition coefficient (Wildman–Crippen LogP) is 4.95. The molecule has 0 aliphatic rings. The highest BCUT2D eigenvalue weighted by Gasteiger charge is 2.04. The van der Waals surface area contributed by atoms with Gasteiger partial charge in [-0.2, -0.15) is 0 Å². The van der Waals surface area contributed by atoms with Crippen LogP contribution in [0.4, 0.5) is 0 Å². The van der Waals surface area contributed by atoms with E-state index in [9.17, 15) is 0 Å². The van der Waals surface area contributed by atoms with Crippen LogP contribution >= 0.6 is 0 Å². The van der Waals surface area contributed by atoms with Crippen molar-refractivity contribution >= 4 is 13.3 Å². The molecule has 25 heavy (non-hydrogen) atoms. The standard InChI is InChI=1S/C24H19B/c25-24-16-22(19-9-5-2-6-10-19)15-23(17-24)21-13-11-20(12-14-21)18-7-3-1-4-8-18/h1-17H,25H2. The molecular weight excluding hydrogens is 299 g/mol. The third kappa shape index (κ3) is 3.41. The Bertz CT molecular complexity index is 971. The smallest absolute Gasteiger partial charge is 0.0877 e. The maximum absolute atomic E-state index is 2.28. The van der Waals surface area contributed by atoms with E-state index in [1.165, 1.54) is 38.8 Å². The van der Waals surface area contributed by atoms with E-state index < -0.39 is 0 Å². The van der Waals surface area contributed by atoms with Gasteiger partial charge in [0.05, 0.1) is 0 Å². The van der Waals surface area contributed by atoms with Gasteiger partial charge in [0.25, 0.3) is 0 Å². The van der Waals surface area contributed by atoms with E-state index in [0.717, 1.165) is 0 Å². The summed E-state index contributed by atoms with van der Waals surface area (Å²) in [4.78, 5) is 0. The van der Waals surface area contributed by atoms with Crippen LogP contribution < -0.4 is 5.46 Å². The van der Waals surface area contributed by atoms with Crippen LogP contribution in [-0.2, 0) is 0 Å². The monoisotopic (exact) mass is 318 g/mol. The Kier molecular flexibility index (Phi) is 4.22. The van der Waals surface area contributed by atoms with Gasteiger partial charge < -0.3 is 0 Å². The minimum Gasteiger partial charge on any atom is -0.0877 e. The molecule has 0 bridgehead atoms. The summed E-state index contributed by atoms with van der Waals surface area (Å²) in [6.45, 7) is 0. The fourth-order valence-corrected chi connectivity index (χ4v) is 3.23. The molecule has 0 aromatic heterocycles. The van der Waals surface area contributed by atoms with E-state index in [-0.39, 0.29) is 0 Å². The van der Waals surface area contributed by atoms with Gasteiger partial charge >= 0.3 is 0 Å². The zero-order valence-electron chi connectivity index (χ0n) is 14.3. The van der Waals surface area contributed by atoms with Crippen molar-refractivity contribution in [2.75, 3.05) is 0 Å². The second-order valence-electron chi connectivity index (χ2n) is 6.40. The number of hydrogen-bond donors (Lipinski definition) is 0. The lowest BCUT2D eigenvalue weighted by atomic mass is 9.88. The van der Waals surface area contributed by atoms with Gasteiger partial charge in [-0.25, -0.2) is 0 Å². The number of benzene rings is 4. The highest BCUT2D eigenvalue weighted by atomic mass is 14.1. The van der Waals surface area contributed by atoms with Gasteiger partial charge in [-0.15, -0.1) is 0 Å². The van der Waals surface area contributed by atoms with Crippen LogP contribution in [-0.4, -0.2) is 7.85 Å². The van der Waals surface area contributed by atoms with E-state index in [4.69, 9.17) is 0 Å². The quantitative estimate of drug-likeness (QED) is 0.469. The molecule has 0 amide bonds. The van der Waals surface area contributed by atoms with Crippen LogP contribution in [0.3, 0.4) is 0 Å². The molecule has 4 aromatic rings. The molecule has 0 nitrogen and oxygen atoms in total. The first kappa shape index (κ1) is 15.5. The fourth-order valence-electron chi connectivity index (χ4n) is 3.23.